The van der Waals surface area contributed by atoms with Crippen molar-refractivity contribution in [2.45, 2.75) is 19.3 Å². The van der Waals surface area contributed by atoms with Gasteiger partial charge in [-0.1, -0.05) is 18.0 Å². The topological polar surface area (TPSA) is 75.4 Å². The first kappa shape index (κ1) is 16.2. The third-order valence-electron chi connectivity index (χ3n) is 5.00. The number of nitrogens with two attached hydrogens (primary N) is 1. The quantitative estimate of drug-likeness (QED) is 0.881. The van der Waals surface area contributed by atoms with Crippen molar-refractivity contribution in [3.05, 3.63) is 29.0 Å². The van der Waals surface area contributed by atoms with Crippen LogP contribution in [0.4, 0.5) is 10.1 Å². The van der Waals surface area contributed by atoms with E-state index in [1.165, 1.54) is 18.2 Å². The second-order valence-corrected chi connectivity index (χ2v) is 6.89. The van der Waals surface area contributed by atoms with Crippen molar-refractivity contribution in [2.75, 3.05) is 25.0 Å². The van der Waals surface area contributed by atoms with Gasteiger partial charge in [-0.3, -0.25) is 14.5 Å². The van der Waals surface area contributed by atoms with Crippen LogP contribution in [0.5, 0.6) is 0 Å². The molecule has 23 heavy (non-hydrogen) atoms. The summed E-state index contributed by atoms with van der Waals surface area (Å²) in [4.78, 5) is 25.9. The lowest BCUT2D eigenvalue weighted by Gasteiger charge is -2.24. The van der Waals surface area contributed by atoms with Crippen LogP contribution in [0.2, 0.25) is 5.02 Å². The normalized spacial score (nSPS) is 27.0. The third-order valence-corrected chi connectivity index (χ3v) is 5.24. The van der Waals surface area contributed by atoms with Crippen LogP contribution in [0.25, 0.3) is 0 Å². The van der Waals surface area contributed by atoms with E-state index in [9.17, 15) is 14.0 Å². The molecule has 1 saturated carbocycles. The monoisotopic (exact) mass is 339 g/mol. The summed E-state index contributed by atoms with van der Waals surface area (Å²) < 4.78 is 13.7. The molecule has 0 bridgehead atoms. The first-order valence-corrected chi connectivity index (χ1v) is 8.06. The van der Waals surface area contributed by atoms with Crippen LogP contribution in [0.15, 0.2) is 18.2 Å². The number of hydrogen-bond acceptors (Lipinski definition) is 3. The molecule has 124 valence electrons. The highest BCUT2D eigenvalue weighted by Gasteiger charge is 2.53. The second-order valence-electron chi connectivity index (χ2n) is 6.45. The predicted octanol–water partition coefficient (Wildman–Crippen LogP) is 2.00. The number of carbonyl (C=O) groups is 2. The lowest BCUT2D eigenvalue weighted by atomic mass is 9.80. The largest absolute Gasteiger partial charge is 0.369 e. The van der Waals surface area contributed by atoms with Crippen molar-refractivity contribution in [1.29, 1.82) is 0 Å². The predicted molar refractivity (Wildman–Crippen MR) is 85.4 cm³/mol. The summed E-state index contributed by atoms with van der Waals surface area (Å²) in [5.41, 5.74) is 5.16. The molecule has 1 aromatic rings. The number of primary amides is 1. The molecule has 2 amide bonds. The van der Waals surface area contributed by atoms with Gasteiger partial charge in [0.1, 0.15) is 5.82 Å². The fourth-order valence-corrected chi connectivity index (χ4v) is 4.07. The zero-order valence-corrected chi connectivity index (χ0v) is 13.4. The Hall–Kier alpha value is -1.66. The van der Waals surface area contributed by atoms with Crippen LogP contribution >= 0.6 is 11.6 Å². The van der Waals surface area contributed by atoms with Gasteiger partial charge in [0.2, 0.25) is 11.8 Å². The molecule has 2 fully saturated rings. The molecular formula is C16H19ClFN3O2. The van der Waals surface area contributed by atoms with Crippen molar-refractivity contribution < 1.29 is 14.0 Å². The fraction of sp³-hybridized carbons (Fsp3) is 0.500. The second kappa shape index (κ2) is 6.09. The van der Waals surface area contributed by atoms with Gasteiger partial charge in [0.05, 0.1) is 17.6 Å². The number of fused-ring (bicyclic) bond motifs is 1. The number of halogens is 2. The lowest BCUT2D eigenvalue weighted by Crippen LogP contribution is -2.41. The van der Waals surface area contributed by atoms with Crippen LogP contribution in [0, 0.1) is 17.2 Å². The Morgan fingerprint density at radius 3 is 2.96 bits per heavy atom. The minimum absolute atomic E-state index is 0.0616. The molecule has 3 N–H and O–H groups in total. The molecule has 1 heterocycles. The van der Waals surface area contributed by atoms with Crippen LogP contribution in [0.3, 0.4) is 0 Å². The van der Waals surface area contributed by atoms with Crippen LogP contribution in [-0.4, -0.2) is 36.3 Å². The Bertz CT molecular complexity index is 654. The Labute approximate surface area is 139 Å². The number of rotatable bonds is 4. The maximum absolute atomic E-state index is 13.7. The van der Waals surface area contributed by atoms with E-state index in [1.807, 2.05) is 4.90 Å². The van der Waals surface area contributed by atoms with E-state index in [1.54, 1.807) is 0 Å². The molecule has 2 aliphatic rings. The van der Waals surface area contributed by atoms with Crippen LogP contribution in [-0.2, 0) is 9.59 Å². The molecular weight excluding hydrogens is 321 g/mol. The van der Waals surface area contributed by atoms with Crippen molar-refractivity contribution in [2.24, 2.45) is 17.1 Å². The summed E-state index contributed by atoms with van der Waals surface area (Å²) in [7, 11) is 0. The van der Waals surface area contributed by atoms with Crippen molar-refractivity contribution in [3.63, 3.8) is 0 Å². The van der Waals surface area contributed by atoms with E-state index >= 15 is 0 Å². The smallest absolute Gasteiger partial charge is 0.238 e. The van der Waals surface area contributed by atoms with Crippen LogP contribution < -0.4 is 11.1 Å². The highest BCUT2D eigenvalue weighted by Crippen LogP contribution is 2.48. The Morgan fingerprint density at radius 1 is 1.48 bits per heavy atom. The maximum atomic E-state index is 13.7. The Balaban J connectivity index is 1.63. The van der Waals surface area contributed by atoms with E-state index in [-0.39, 0.29) is 30.0 Å². The number of carbonyl (C=O) groups excluding carboxylic acids is 2. The SMILES string of the molecule is NC(=O)[C@]12CCC[C@H]1CN(CC(=O)Nc1cc(Cl)ccc1F)C2. The third kappa shape index (κ3) is 3.05. The van der Waals surface area contributed by atoms with Gasteiger partial charge >= 0.3 is 0 Å². The highest BCUT2D eigenvalue weighted by atomic mass is 35.5. The maximum Gasteiger partial charge on any atom is 0.238 e. The van der Waals surface area contributed by atoms with Gasteiger partial charge < -0.3 is 11.1 Å². The molecule has 0 unspecified atom stereocenters. The average molecular weight is 340 g/mol. The lowest BCUT2D eigenvalue weighted by molar-refractivity contribution is -0.128. The molecule has 1 aliphatic heterocycles. The summed E-state index contributed by atoms with van der Waals surface area (Å²) >= 11 is 5.81. The summed E-state index contributed by atoms with van der Waals surface area (Å²) in [6, 6.07) is 4.00. The van der Waals surface area contributed by atoms with Crippen molar-refractivity contribution in [1.82, 2.24) is 4.90 Å². The molecule has 0 aromatic heterocycles. The summed E-state index contributed by atoms with van der Waals surface area (Å²) in [6.45, 7) is 1.28. The number of hydrogen-bond donors (Lipinski definition) is 2. The minimum Gasteiger partial charge on any atom is -0.369 e. The van der Waals surface area contributed by atoms with Crippen LogP contribution in [0.1, 0.15) is 19.3 Å². The standard InChI is InChI=1S/C16H19ClFN3O2/c17-11-3-4-12(18)13(6-11)20-14(22)8-21-7-10-2-1-5-16(10,9-21)15(19)23/h3-4,6,10H,1-2,5,7-9H2,(H2,19,23)(H,20,22)/t10-,16-/m0/s1. The molecule has 1 aromatic carbocycles. The number of amides is 2. The number of nitrogens with one attached hydrogen (secondary N) is 1. The molecule has 0 spiro atoms. The van der Waals surface area contributed by atoms with Gasteiger partial charge in [-0.05, 0) is 37.0 Å². The number of nitrogens with zero attached hydrogens (tertiary/aromatic N) is 1. The van der Waals surface area contributed by atoms with Gasteiger partial charge in [0.25, 0.3) is 0 Å². The summed E-state index contributed by atoms with van der Waals surface area (Å²) in [5.74, 6) is -0.917. The molecule has 1 saturated heterocycles. The molecule has 2 atom stereocenters. The molecule has 3 rings (SSSR count). The van der Waals surface area contributed by atoms with Crippen molar-refractivity contribution in [3.8, 4) is 0 Å². The number of anilines is 1. The van der Waals surface area contributed by atoms with Gasteiger partial charge in [0.15, 0.2) is 0 Å². The molecule has 7 heteroatoms. The molecule has 5 nitrogen and oxygen atoms in total. The molecule has 1 aliphatic carbocycles. The van der Waals surface area contributed by atoms with E-state index in [4.69, 9.17) is 17.3 Å². The summed E-state index contributed by atoms with van der Waals surface area (Å²) in [5, 5.41) is 2.88. The first-order chi connectivity index (χ1) is 10.9. The Morgan fingerprint density at radius 2 is 2.26 bits per heavy atom. The van der Waals surface area contributed by atoms with Crippen molar-refractivity contribution >= 4 is 29.1 Å². The van der Waals surface area contributed by atoms with Gasteiger partial charge in [-0.25, -0.2) is 4.39 Å². The minimum atomic E-state index is -0.533. The Kier molecular flexibility index (Phi) is 4.29. The fourth-order valence-electron chi connectivity index (χ4n) is 3.90. The zero-order chi connectivity index (χ0) is 16.6. The zero-order valence-electron chi connectivity index (χ0n) is 12.6. The molecule has 0 radical (unpaired) electrons. The highest BCUT2D eigenvalue weighted by molar-refractivity contribution is 6.30. The number of benzene rings is 1. The van der Waals surface area contributed by atoms with E-state index in [0.29, 0.717) is 18.1 Å². The average Bonchev–Trinajstić information content (AvgIpc) is 3.00. The van der Waals surface area contributed by atoms with Gasteiger partial charge in [-0.2, -0.15) is 0 Å². The first-order valence-electron chi connectivity index (χ1n) is 7.68. The summed E-state index contributed by atoms with van der Waals surface area (Å²) in [6.07, 6.45) is 2.75. The van der Waals surface area contributed by atoms with E-state index in [2.05, 4.69) is 5.32 Å². The van der Waals surface area contributed by atoms with E-state index < -0.39 is 11.2 Å². The van der Waals surface area contributed by atoms with Gasteiger partial charge in [0, 0.05) is 18.1 Å². The number of likely N-dealkylation sites (tertiary alicyclic amines) is 1. The van der Waals surface area contributed by atoms with Gasteiger partial charge in [-0.15, -0.1) is 0 Å². The van der Waals surface area contributed by atoms with E-state index in [0.717, 1.165) is 19.3 Å².